The van der Waals surface area contributed by atoms with Crippen LogP contribution < -0.4 is 5.32 Å². The number of carbonyl (C=O) groups is 3. The summed E-state index contributed by atoms with van der Waals surface area (Å²) in [5, 5.41) is 11.7. The fourth-order valence-corrected chi connectivity index (χ4v) is 3.14. The Bertz CT molecular complexity index is 831. The van der Waals surface area contributed by atoms with E-state index in [0.29, 0.717) is 32.4 Å². The topological polar surface area (TPSA) is 112 Å². The zero-order chi connectivity index (χ0) is 19.9. The fraction of sp³-hybridized carbons (Fsp3) is 0.350. The number of nitrogens with one attached hydrogen (secondary N) is 1. The number of aromatic nitrogens is 2. The Labute approximate surface area is 162 Å². The van der Waals surface area contributed by atoms with Crippen LogP contribution in [-0.4, -0.2) is 56.9 Å². The van der Waals surface area contributed by atoms with Gasteiger partial charge in [-0.15, -0.1) is 0 Å². The van der Waals surface area contributed by atoms with Crippen molar-refractivity contribution >= 4 is 17.8 Å². The highest BCUT2D eigenvalue weighted by atomic mass is 16.4. The average molecular weight is 382 g/mol. The minimum atomic E-state index is -1.19. The van der Waals surface area contributed by atoms with Gasteiger partial charge in [-0.2, -0.15) is 0 Å². The molecule has 0 aliphatic carbocycles. The van der Waals surface area contributed by atoms with Gasteiger partial charge in [0, 0.05) is 25.6 Å². The van der Waals surface area contributed by atoms with E-state index in [1.54, 1.807) is 0 Å². The van der Waals surface area contributed by atoms with Crippen LogP contribution in [0, 0.1) is 0 Å². The van der Waals surface area contributed by atoms with Crippen LogP contribution in [0.15, 0.2) is 42.7 Å². The third-order valence-electron chi connectivity index (χ3n) is 4.76. The predicted octanol–water partition coefficient (Wildman–Crippen LogP) is 1.53. The number of likely N-dealkylation sites (tertiary alicyclic amines) is 1. The zero-order valence-electron chi connectivity index (χ0n) is 15.4. The van der Waals surface area contributed by atoms with Crippen LogP contribution in [0.5, 0.6) is 0 Å². The molecule has 0 spiro atoms. The molecule has 0 unspecified atom stereocenters. The molecule has 2 amide bonds. The summed E-state index contributed by atoms with van der Waals surface area (Å²) in [5.41, 5.74) is 1.01. The highest BCUT2D eigenvalue weighted by Crippen LogP contribution is 2.13. The number of aromatic carboxylic acids is 1. The van der Waals surface area contributed by atoms with Crippen LogP contribution in [0.4, 0.5) is 0 Å². The molecule has 1 aliphatic heterocycles. The number of carboxylic acids is 1. The van der Waals surface area contributed by atoms with Crippen LogP contribution >= 0.6 is 0 Å². The van der Waals surface area contributed by atoms with Crippen molar-refractivity contribution in [2.45, 2.75) is 31.7 Å². The van der Waals surface area contributed by atoms with Gasteiger partial charge in [-0.1, -0.05) is 30.3 Å². The van der Waals surface area contributed by atoms with Gasteiger partial charge in [-0.3, -0.25) is 9.59 Å². The summed E-state index contributed by atoms with van der Waals surface area (Å²) < 4.78 is 0. The number of benzene rings is 1. The number of carbonyl (C=O) groups excluding carboxylic acids is 2. The van der Waals surface area contributed by atoms with E-state index < -0.39 is 11.9 Å². The average Bonchev–Trinajstić information content (AvgIpc) is 2.73. The molecule has 1 aromatic heterocycles. The quantitative estimate of drug-likeness (QED) is 0.783. The molecule has 3 rings (SSSR count). The van der Waals surface area contributed by atoms with E-state index in [9.17, 15) is 14.4 Å². The summed E-state index contributed by atoms with van der Waals surface area (Å²) in [6.45, 7) is 1.20. The van der Waals surface area contributed by atoms with E-state index in [1.165, 1.54) is 0 Å². The molecule has 0 radical (unpaired) electrons. The lowest BCUT2D eigenvalue weighted by Gasteiger charge is -2.32. The third-order valence-corrected chi connectivity index (χ3v) is 4.76. The molecule has 2 N–H and O–H groups in total. The van der Waals surface area contributed by atoms with Crippen molar-refractivity contribution in [2.75, 3.05) is 13.1 Å². The maximum atomic E-state index is 12.4. The number of nitrogens with zero attached hydrogens (tertiary/aromatic N) is 3. The lowest BCUT2D eigenvalue weighted by atomic mass is 10.0. The Morgan fingerprint density at radius 3 is 2.29 bits per heavy atom. The summed E-state index contributed by atoms with van der Waals surface area (Å²) in [7, 11) is 0. The van der Waals surface area contributed by atoms with Crippen LogP contribution in [0.1, 0.15) is 45.8 Å². The van der Waals surface area contributed by atoms with Gasteiger partial charge in [-0.25, -0.2) is 14.8 Å². The van der Waals surface area contributed by atoms with E-state index in [4.69, 9.17) is 5.11 Å². The van der Waals surface area contributed by atoms with Gasteiger partial charge >= 0.3 is 5.97 Å². The molecule has 0 saturated carbocycles. The first kappa shape index (κ1) is 19.5. The van der Waals surface area contributed by atoms with E-state index in [0.717, 1.165) is 24.4 Å². The lowest BCUT2D eigenvalue weighted by Crippen LogP contribution is -2.46. The molecule has 8 heteroatoms. The first-order valence-corrected chi connectivity index (χ1v) is 9.21. The molecule has 2 aromatic rings. The predicted molar refractivity (Wildman–Crippen MR) is 101 cm³/mol. The van der Waals surface area contributed by atoms with Crippen molar-refractivity contribution in [1.82, 2.24) is 20.2 Å². The normalized spacial score (nSPS) is 14.5. The second-order valence-corrected chi connectivity index (χ2v) is 6.71. The first-order chi connectivity index (χ1) is 13.5. The van der Waals surface area contributed by atoms with Crippen LogP contribution in [0.2, 0.25) is 0 Å². The minimum Gasteiger partial charge on any atom is -0.476 e. The van der Waals surface area contributed by atoms with Crippen molar-refractivity contribution in [3.05, 3.63) is 59.7 Å². The van der Waals surface area contributed by atoms with Gasteiger partial charge in [0.15, 0.2) is 5.69 Å². The standard InChI is InChI=1S/C20H22N4O4/c25-18(7-6-14-4-2-1-3-5-14)24-10-8-15(9-11-24)23-19(26)16-12-22-17(13-21-16)20(27)28/h1-5,12-13,15H,6-11H2,(H,23,26)(H,27,28). The van der Waals surface area contributed by atoms with Crippen molar-refractivity contribution in [3.63, 3.8) is 0 Å². The fourth-order valence-electron chi connectivity index (χ4n) is 3.14. The maximum absolute atomic E-state index is 12.4. The van der Waals surface area contributed by atoms with Gasteiger partial charge in [0.1, 0.15) is 5.69 Å². The highest BCUT2D eigenvalue weighted by molar-refractivity contribution is 5.93. The Hall–Kier alpha value is -3.29. The molecule has 1 aromatic carbocycles. The second-order valence-electron chi connectivity index (χ2n) is 6.71. The van der Waals surface area contributed by atoms with Crippen molar-refractivity contribution in [1.29, 1.82) is 0 Å². The largest absolute Gasteiger partial charge is 0.476 e. The first-order valence-electron chi connectivity index (χ1n) is 9.21. The molecule has 1 aliphatic rings. The molecular formula is C20H22N4O4. The van der Waals surface area contributed by atoms with E-state index >= 15 is 0 Å². The van der Waals surface area contributed by atoms with Gasteiger partial charge in [-0.05, 0) is 24.8 Å². The number of piperidine rings is 1. The molecule has 0 bridgehead atoms. The molecule has 28 heavy (non-hydrogen) atoms. The third kappa shape index (κ3) is 5.12. The second kappa shape index (κ2) is 9.07. The van der Waals surface area contributed by atoms with Crippen molar-refractivity contribution in [2.24, 2.45) is 0 Å². The minimum absolute atomic E-state index is 0.0494. The number of hydrogen-bond donors (Lipinski definition) is 2. The van der Waals surface area contributed by atoms with E-state index in [2.05, 4.69) is 15.3 Å². The van der Waals surface area contributed by atoms with Gasteiger partial charge < -0.3 is 15.3 Å². The molecule has 2 heterocycles. The van der Waals surface area contributed by atoms with Crippen molar-refractivity contribution < 1.29 is 19.5 Å². The Balaban J connectivity index is 1.43. The summed E-state index contributed by atoms with van der Waals surface area (Å²) in [6, 6.07) is 9.87. The van der Waals surface area contributed by atoms with Gasteiger partial charge in [0.2, 0.25) is 5.91 Å². The van der Waals surface area contributed by atoms with Gasteiger partial charge in [0.05, 0.1) is 12.4 Å². The number of rotatable bonds is 6. The number of amides is 2. The zero-order valence-corrected chi connectivity index (χ0v) is 15.4. The highest BCUT2D eigenvalue weighted by Gasteiger charge is 2.24. The number of carboxylic acid groups (broad SMARTS) is 1. The molecule has 0 atom stereocenters. The Kier molecular flexibility index (Phi) is 6.31. The van der Waals surface area contributed by atoms with E-state index in [1.807, 2.05) is 35.2 Å². The van der Waals surface area contributed by atoms with Gasteiger partial charge in [0.25, 0.3) is 5.91 Å². The van der Waals surface area contributed by atoms with Crippen LogP contribution in [-0.2, 0) is 11.2 Å². The summed E-state index contributed by atoms with van der Waals surface area (Å²) in [4.78, 5) is 44.8. The SMILES string of the molecule is O=C(O)c1cnc(C(=O)NC2CCN(C(=O)CCc3ccccc3)CC2)cn1. The Morgan fingerprint density at radius 1 is 1.04 bits per heavy atom. The number of hydrogen-bond acceptors (Lipinski definition) is 5. The monoisotopic (exact) mass is 382 g/mol. The molecular weight excluding hydrogens is 360 g/mol. The molecule has 1 fully saturated rings. The maximum Gasteiger partial charge on any atom is 0.356 e. The summed E-state index contributed by atoms with van der Waals surface area (Å²) >= 11 is 0. The van der Waals surface area contributed by atoms with Crippen molar-refractivity contribution in [3.8, 4) is 0 Å². The summed E-state index contributed by atoms with van der Waals surface area (Å²) in [6.07, 6.45) is 4.76. The lowest BCUT2D eigenvalue weighted by molar-refractivity contribution is -0.132. The van der Waals surface area contributed by atoms with E-state index in [-0.39, 0.29) is 23.3 Å². The molecule has 146 valence electrons. The Morgan fingerprint density at radius 2 is 1.68 bits per heavy atom. The van der Waals surface area contributed by atoms with Crippen LogP contribution in [0.3, 0.4) is 0 Å². The number of aryl methyl sites for hydroxylation is 1. The van der Waals surface area contributed by atoms with Crippen LogP contribution in [0.25, 0.3) is 0 Å². The molecule has 1 saturated heterocycles. The summed E-state index contributed by atoms with van der Waals surface area (Å²) in [5.74, 6) is -1.45. The smallest absolute Gasteiger partial charge is 0.356 e. The molecule has 8 nitrogen and oxygen atoms in total.